The van der Waals surface area contributed by atoms with Crippen molar-refractivity contribution < 1.29 is 14.7 Å². The van der Waals surface area contributed by atoms with E-state index in [9.17, 15) is 4.79 Å². The molecule has 3 aromatic rings. The van der Waals surface area contributed by atoms with E-state index in [1.807, 2.05) is 54.6 Å². The number of nitrogens with one attached hydrogen (secondary N) is 1. The molecule has 128 valence electrons. The number of carbonyl (C=O) groups is 1. The molecule has 0 spiro atoms. The summed E-state index contributed by atoms with van der Waals surface area (Å²) in [5.41, 5.74) is 11.3. The zero-order valence-corrected chi connectivity index (χ0v) is 13.7. The van der Waals surface area contributed by atoms with Crippen molar-refractivity contribution >= 4 is 22.4 Å². The molecule has 0 amide bonds. The monoisotopic (exact) mass is 336 g/mol. The first-order valence-electron chi connectivity index (χ1n) is 8.04. The third kappa shape index (κ3) is 4.56. The second-order valence-corrected chi connectivity index (χ2v) is 5.92. The van der Waals surface area contributed by atoms with Crippen LogP contribution in [0.4, 0.5) is 5.69 Å². The quantitative estimate of drug-likeness (QED) is 0.576. The Balaban J connectivity index is 1.53. The lowest BCUT2D eigenvalue weighted by molar-refractivity contribution is -0.138. The Morgan fingerprint density at radius 3 is 2.40 bits per heavy atom. The van der Waals surface area contributed by atoms with Crippen LogP contribution in [0.2, 0.25) is 0 Å². The van der Waals surface area contributed by atoms with E-state index in [4.69, 9.17) is 15.7 Å². The number of anilines is 1. The summed E-state index contributed by atoms with van der Waals surface area (Å²) < 4.78 is 0. The molecule has 0 heterocycles. The smallest absolute Gasteiger partial charge is 0.320 e. The van der Waals surface area contributed by atoms with E-state index in [1.54, 1.807) is 0 Å². The van der Waals surface area contributed by atoms with E-state index in [-0.39, 0.29) is 0 Å². The van der Waals surface area contributed by atoms with Crippen LogP contribution >= 0.6 is 0 Å². The van der Waals surface area contributed by atoms with Crippen LogP contribution in [0.15, 0.2) is 66.7 Å². The highest BCUT2D eigenvalue weighted by Crippen LogP contribution is 2.19. The first-order chi connectivity index (χ1) is 12.1. The van der Waals surface area contributed by atoms with Gasteiger partial charge in [0.2, 0.25) is 0 Å². The number of benzene rings is 3. The molecule has 0 aromatic heterocycles. The molecule has 0 fully saturated rings. The molecule has 3 aromatic carbocycles. The molecule has 0 aliphatic heterocycles. The van der Waals surface area contributed by atoms with Crippen LogP contribution in [0.25, 0.3) is 10.8 Å². The molecular weight excluding hydrogens is 316 g/mol. The van der Waals surface area contributed by atoms with E-state index in [1.165, 1.54) is 5.39 Å². The van der Waals surface area contributed by atoms with Gasteiger partial charge in [0.1, 0.15) is 6.04 Å². The van der Waals surface area contributed by atoms with Crippen molar-refractivity contribution in [1.29, 1.82) is 0 Å². The minimum Gasteiger partial charge on any atom is -0.480 e. The van der Waals surface area contributed by atoms with Crippen LogP contribution in [0, 0.1) is 0 Å². The van der Waals surface area contributed by atoms with Gasteiger partial charge >= 0.3 is 5.97 Å². The van der Waals surface area contributed by atoms with Crippen LogP contribution in [-0.4, -0.2) is 17.1 Å². The minimum atomic E-state index is -0.994. The van der Waals surface area contributed by atoms with Crippen LogP contribution in [0.1, 0.15) is 11.1 Å². The third-order valence-corrected chi connectivity index (χ3v) is 3.97. The number of nitrogens with two attached hydrogens (primary N) is 1. The summed E-state index contributed by atoms with van der Waals surface area (Å²) in [5, 5.41) is 11.2. The average Bonchev–Trinajstić information content (AvgIpc) is 2.63. The van der Waals surface area contributed by atoms with Gasteiger partial charge in [-0.1, -0.05) is 54.6 Å². The van der Waals surface area contributed by atoms with Gasteiger partial charge in [-0.2, -0.15) is 0 Å². The maximum absolute atomic E-state index is 10.8. The normalized spacial score (nSPS) is 12.0. The minimum absolute atomic E-state index is 0.311. The van der Waals surface area contributed by atoms with Crippen molar-refractivity contribution in [3.63, 3.8) is 0 Å². The number of hydrogen-bond donors (Lipinski definition) is 3. The number of rotatable bonds is 7. The van der Waals surface area contributed by atoms with Crippen molar-refractivity contribution in [2.75, 3.05) is 5.48 Å². The Kier molecular flexibility index (Phi) is 5.28. The Hall–Kier alpha value is -2.89. The lowest BCUT2D eigenvalue weighted by Crippen LogP contribution is -2.32. The Morgan fingerprint density at radius 2 is 1.68 bits per heavy atom. The Bertz CT molecular complexity index is 862. The number of fused-ring (bicyclic) bond motifs is 1. The van der Waals surface area contributed by atoms with E-state index >= 15 is 0 Å². The molecule has 25 heavy (non-hydrogen) atoms. The predicted octanol–water partition coefficient (Wildman–Crippen LogP) is 3.34. The summed E-state index contributed by atoms with van der Waals surface area (Å²) in [6, 6.07) is 20.9. The zero-order chi connectivity index (χ0) is 17.6. The number of carboxylic acid groups (broad SMARTS) is 1. The molecule has 0 bridgehead atoms. The molecule has 0 aliphatic carbocycles. The highest BCUT2D eigenvalue weighted by Gasteiger charge is 2.11. The molecule has 5 heteroatoms. The summed E-state index contributed by atoms with van der Waals surface area (Å²) in [7, 11) is 0. The van der Waals surface area contributed by atoms with Gasteiger partial charge in [0.05, 0.1) is 12.3 Å². The Morgan fingerprint density at radius 1 is 1.00 bits per heavy atom. The molecule has 3 rings (SSSR count). The summed E-state index contributed by atoms with van der Waals surface area (Å²) in [5.74, 6) is -0.994. The summed E-state index contributed by atoms with van der Waals surface area (Å²) >= 11 is 0. The van der Waals surface area contributed by atoms with Crippen molar-refractivity contribution in [3.05, 3.63) is 77.9 Å². The predicted molar refractivity (Wildman–Crippen MR) is 98.1 cm³/mol. The van der Waals surface area contributed by atoms with Gasteiger partial charge in [0.25, 0.3) is 0 Å². The molecule has 5 nitrogen and oxygen atoms in total. The number of aliphatic carboxylic acids is 1. The van der Waals surface area contributed by atoms with E-state index in [0.717, 1.165) is 22.2 Å². The van der Waals surface area contributed by atoms with Gasteiger partial charge in [-0.3, -0.25) is 15.1 Å². The second-order valence-electron chi connectivity index (χ2n) is 5.92. The standard InChI is InChI=1S/C20H20N2O3/c21-19(20(23)24)11-14-5-7-15(8-6-14)13-25-22-18-10-9-16-3-1-2-4-17(16)12-18/h1-10,12,19,22H,11,13,21H2,(H,23,24)/t19-/m0/s1. The van der Waals surface area contributed by atoms with E-state index in [2.05, 4.69) is 17.6 Å². The van der Waals surface area contributed by atoms with Gasteiger partial charge in [-0.25, -0.2) is 0 Å². The molecule has 0 radical (unpaired) electrons. The van der Waals surface area contributed by atoms with Gasteiger partial charge in [-0.15, -0.1) is 0 Å². The average molecular weight is 336 g/mol. The number of carboxylic acids is 1. The summed E-state index contributed by atoms with van der Waals surface area (Å²) in [4.78, 5) is 16.3. The van der Waals surface area contributed by atoms with Gasteiger partial charge in [0, 0.05) is 0 Å². The number of hydrogen-bond acceptors (Lipinski definition) is 4. The second kappa shape index (κ2) is 7.79. The van der Waals surface area contributed by atoms with Crippen molar-refractivity contribution in [3.8, 4) is 0 Å². The molecular formula is C20H20N2O3. The molecule has 0 saturated carbocycles. The summed E-state index contributed by atoms with van der Waals surface area (Å²) in [6.45, 7) is 0.401. The van der Waals surface area contributed by atoms with Crippen LogP contribution in [0.5, 0.6) is 0 Å². The fourth-order valence-corrected chi connectivity index (χ4v) is 2.57. The van der Waals surface area contributed by atoms with E-state index in [0.29, 0.717) is 13.0 Å². The molecule has 4 N–H and O–H groups in total. The zero-order valence-electron chi connectivity index (χ0n) is 13.7. The highest BCUT2D eigenvalue weighted by molar-refractivity contribution is 5.85. The summed E-state index contributed by atoms with van der Waals surface area (Å²) in [6.07, 6.45) is 0.311. The highest BCUT2D eigenvalue weighted by atomic mass is 16.6. The SMILES string of the molecule is N[C@@H](Cc1ccc(CONc2ccc3ccccc3c2)cc1)C(=O)O. The molecule has 0 aliphatic rings. The first kappa shape index (κ1) is 17.0. The van der Waals surface area contributed by atoms with Gasteiger partial charge in [0.15, 0.2) is 0 Å². The fraction of sp³-hybridized carbons (Fsp3) is 0.150. The van der Waals surface area contributed by atoms with Crippen molar-refractivity contribution in [2.24, 2.45) is 5.73 Å². The molecule has 1 atom stereocenters. The molecule has 0 unspecified atom stereocenters. The van der Waals surface area contributed by atoms with Crippen LogP contribution in [-0.2, 0) is 22.7 Å². The molecule has 0 saturated heterocycles. The van der Waals surface area contributed by atoms with Crippen LogP contribution < -0.4 is 11.2 Å². The fourth-order valence-electron chi connectivity index (χ4n) is 2.57. The van der Waals surface area contributed by atoms with Gasteiger partial charge in [-0.05, 0) is 40.5 Å². The van der Waals surface area contributed by atoms with Gasteiger partial charge < -0.3 is 10.8 Å². The van der Waals surface area contributed by atoms with E-state index < -0.39 is 12.0 Å². The van der Waals surface area contributed by atoms with Crippen LogP contribution in [0.3, 0.4) is 0 Å². The lowest BCUT2D eigenvalue weighted by Gasteiger charge is -2.10. The van der Waals surface area contributed by atoms with Crippen molar-refractivity contribution in [1.82, 2.24) is 0 Å². The Labute approximate surface area is 146 Å². The maximum Gasteiger partial charge on any atom is 0.320 e. The first-order valence-corrected chi connectivity index (χ1v) is 8.04. The third-order valence-electron chi connectivity index (χ3n) is 3.97. The largest absolute Gasteiger partial charge is 0.480 e. The van der Waals surface area contributed by atoms with Crippen molar-refractivity contribution in [2.45, 2.75) is 19.1 Å². The lowest BCUT2D eigenvalue weighted by atomic mass is 10.1. The maximum atomic E-state index is 10.8. The topological polar surface area (TPSA) is 84.6 Å².